The van der Waals surface area contributed by atoms with Crippen LogP contribution in [0.25, 0.3) is 0 Å². The molecule has 1 fully saturated rings. The van der Waals surface area contributed by atoms with Gasteiger partial charge in [-0.2, -0.15) is 0 Å². The molecule has 1 saturated heterocycles. The van der Waals surface area contributed by atoms with E-state index in [0.717, 1.165) is 38.9 Å². The minimum absolute atomic E-state index is 0.196. The Morgan fingerprint density at radius 3 is 2.95 bits per heavy atom. The maximum absolute atomic E-state index is 12.2. The molecule has 1 aromatic rings. The van der Waals surface area contributed by atoms with Gasteiger partial charge >= 0.3 is 6.09 Å². The van der Waals surface area contributed by atoms with E-state index in [4.69, 9.17) is 4.74 Å². The van der Waals surface area contributed by atoms with Crippen molar-refractivity contribution in [1.29, 1.82) is 0 Å². The zero-order valence-electron chi connectivity index (χ0n) is 13.3. The number of ether oxygens (including phenoxy) is 1. The molecule has 118 valence electrons. The van der Waals surface area contributed by atoms with Crippen LogP contribution in [0, 0.1) is 0 Å². The first kappa shape index (κ1) is 15.9. The second kappa shape index (κ2) is 6.98. The number of nitrogens with one attached hydrogen (secondary N) is 2. The quantitative estimate of drug-likeness (QED) is 0.901. The molecule has 0 spiro atoms. The van der Waals surface area contributed by atoms with Crippen LogP contribution >= 0.6 is 0 Å². The van der Waals surface area contributed by atoms with Gasteiger partial charge in [0.2, 0.25) is 0 Å². The van der Waals surface area contributed by atoms with Gasteiger partial charge in [-0.15, -0.1) is 0 Å². The van der Waals surface area contributed by atoms with Crippen molar-refractivity contribution in [3.05, 3.63) is 24.0 Å². The van der Waals surface area contributed by atoms with Crippen LogP contribution in [-0.4, -0.2) is 40.7 Å². The molecule has 5 heteroatoms. The van der Waals surface area contributed by atoms with Crippen LogP contribution in [0.3, 0.4) is 0 Å². The Bertz CT molecular complexity index is 437. The van der Waals surface area contributed by atoms with Crippen LogP contribution in [0.5, 0.6) is 0 Å². The van der Waals surface area contributed by atoms with Crippen molar-refractivity contribution in [2.45, 2.75) is 58.2 Å². The molecule has 1 aliphatic rings. The van der Waals surface area contributed by atoms with E-state index in [-0.39, 0.29) is 6.09 Å². The van der Waals surface area contributed by atoms with E-state index < -0.39 is 5.60 Å². The zero-order chi connectivity index (χ0) is 15.3. The number of amides is 1. The fourth-order valence-electron chi connectivity index (χ4n) is 2.53. The summed E-state index contributed by atoms with van der Waals surface area (Å²) in [7, 11) is 0. The van der Waals surface area contributed by atoms with E-state index in [1.807, 2.05) is 38.1 Å². The van der Waals surface area contributed by atoms with Crippen molar-refractivity contribution in [1.82, 2.24) is 15.2 Å². The summed E-state index contributed by atoms with van der Waals surface area (Å²) in [5.41, 5.74) is 0.806. The van der Waals surface area contributed by atoms with E-state index in [1.54, 1.807) is 0 Å². The third kappa shape index (κ3) is 5.42. The summed E-state index contributed by atoms with van der Waals surface area (Å²) in [6.07, 6.45) is 7.01. The average molecular weight is 293 g/mol. The SMILES string of the molecule is CC(C)(C)OC(=O)N1CCCCC(NCc2cc[nH]c2)C1. The lowest BCUT2D eigenvalue weighted by Crippen LogP contribution is -2.44. The standard InChI is InChI=1S/C16H27N3O2/c1-16(2,3)21-15(20)19-9-5-4-6-14(12-19)18-11-13-7-8-17-10-13/h7-8,10,14,17-18H,4-6,9,11-12H2,1-3H3. The summed E-state index contributed by atoms with van der Waals surface area (Å²) in [4.78, 5) is 17.1. The second-order valence-electron chi connectivity index (χ2n) is 6.72. The molecule has 1 atom stereocenters. The van der Waals surface area contributed by atoms with Crippen molar-refractivity contribution in [2.75, 3.05) is 13.1 Å². The maximum Gasteiger partial charge on any atom is 0.410 e. The lowest BCUT2D eigenvalue weighted by Gasteiger charge is -2.28. The molecule has 0 bridgehead atoms. The molecule has 0 aliphatic carbocycles. The van der Waals surface area contributed by atoms with Crippen LogP contribution in [0.1, 0.15) is 45.6 Å². The number of H-pyrrole nitrogens is 1. The molecule has 0 aromatic carbocycles. The molecule has 2 heterocycles. The molecule has 2 rings (SSSR count). The number of aromatic amines is 1. The fourth-order valence-corrected chi connectivity index (χ4v) is 2.53. The second-order valence-corrected chi connectivity index (χ2v) is 6.72. The third-order valence-corrected chi connectivity index (χ3v) is 3.58. The number of aromatic nitrogens is 1. The summed E-state index contributed by atoms with van der Waals surface area (Å²) in [6, 6.07) is 2.39. The molecule has 1 aromatic heterocycles. The first-order valence-electron chi connectivity index (χ1n) is 7.77. The van der Waals surface area contributed by atoms with Crippen molar-refractivity contribution in [3.63, 3.8) is 0 Å². The maximum atomic E-state index is 12.2. The Labute approximate surface area is 127 Å². The van der Waals surface area contributed by atoms with Gasteiger partial charge < -0.3 is 19.9 Å². The third-order valence-electron chi connectivity index (χ3n) is 3.58. The lowest BCUT2D eigenvalue weighted by atomic mass is 10.1. The van der Waals surface area contributed by atoms with Gasteiger partial charge in [0.25, 0.3) is 0 Å². The predicted octanol–water partition coefficient (Wildman–Crippen LogP) is 2.89. The number of hydrogen-bond donors (Lipinski definition) is 2. The van der Waals surface area contributed by atoms with Crippen LogP contribution < -0.4 is 5.32 Å². The number of likely N-dealkylation sites (tertiary alicyclic amines) is 1. The molecule has 1 unspecified atom stereocenters. The molecule has 1 amide bonds. The highest BCUT2D eigenvalue weighted by molar-refractivity contribution is 5.68. The molecule has 2 N–H and O–H groups in total. The summed E-state index contributed by atoms with van der Waals surface area (Å²) in [6.45, 7) is 8.06. The van der Waals surface area contributed by atoms with Gasteiger partial charge in [-0.05, 0) is 45.2 Å². The number of hydrogen-bond acceptors (Lipinski definition) is 3. The molecule has 0 saturated carbocycles. The zero-order valence-corrected chi connectivity index (χ0v) is 13.3. The lowest BCUT2D eigenvalue weighted by molar-refractivity contribution is 0.0243. The van der Waals surface area contributed by atoms with Crippen LogP contribution in [0.2, 0.25) is 0 Å². The average Bonchev–Trinajstić information content (AvgIpc) is 2.78. The Hall–Kier alpha value is -1.49. The minimum atomic E-state index is -0.433. The molecule has 0 radical (unpaired) electrons. The van der Waals surface area contributed by atoms with E-state index in [2.05, 4.69) is 16.4 Å². The van der Waals surface area contributed by atoms with Gasteiger partial charge in [0.1, 0.15) is 5.60 Å². The molecule has 21 heavy (non-hydrogen) atoms. The highest BCUT2D eigenvalue weighted by Crippen LogP contribution is 2.15. The van der Waals surface area contributed by atoms with Crippen molar-refractivity contribution >= 4 is 6.09 Å². The molecule has 1 aliphatic heterocycles. The highest BCUT2D eigenvalue weighted by atomic mass is 16.6. The van der Waals surface area contributed by atoms with Crippen LogP contribution in [-0.2, 0) is 11.3 Å². The summed E-state index contributed by atoms with van der Waals surface area (Å²) in [5.74, 6) is 0. The van der Waals surface area contributed by atoms with E-state index in [9.17, 15) is 4.79 Å². The molecular weight excluding hydrogens is 266 g/mol. The molecular formula is C16H27N3O2. The number of carbonyl (C=O) groups excluding carboxylic acids is 1. The van der Waals surface area contributed by atoms with Crippen LogP contribution in [0.4, 0.5) is 4.79 Å². The van der Waals surface area contributed by atoms with Gasteiger partial charge in [0.15, 0.2) is 0 Å². The number of rotatable bonds is 3. The van der Waals surface area contributed by atoms with E-state index >= 15 is 0 Å². The topological polar surface area (TPSA) is 57.4 Å². The Kier molecular flexibility index (Phi) is 5.28. The fraction of sp³-hybridized carbons (Fsp3) is 0.688. The van der Waals surface area contributed by atoms with Crippen molar-refractivity contribution in [2.24, 2.45) is 0 Å². The smallest absolute Gasteiger partial charge is 0.410 e. The van der Waals surface area contributed by atoms with E-state index in [0.29, 0.717) is 6.04 Å². The van der Waals surface area contributed by atoms with Crippen molar-refractivity contribution < 1.29 is 9.53 Å². The molecule has 5 nitrogen and oxygen atoms in total. The first-order valence-corrected chi connectivity index (χ1v) is 7.77. The normalized spacial score (nSPS) is 20.1. The number of carbonyl (C=O) groups is 1. The number of nitrogens with zero attached hydrogens (tertiary/aromatic N) is 1. The summed E-state index contributed by atoms with van der Waals surface area (Å²) < 4.78 is 5.49. The summed E-state index contributed by atoms with van der Waals surface area (Å²) >= 11 is 0. The van der Waals surface area contributed by atoms with Crippen molar-refractivity contribution in [3.8, 4) is 0 Å². The Morgan fingerprint density at radius 1 is 1.48 bits per heavy atom. The summed E-state index contributed by atoms with van der Waals surface area (Å²) in [5, 5.41) is 3.54. The van der Waals surface area contributed by atoms with Gasteiger partial charge in [-0.1, -0.05) is 6.42 Å². The van der Waals surface area contributed by atoms with Gasteiger partial charge in [0, 0.05) is 38.1 Å². The Morgan fingerprint density at radius 2 is 2.29 bits per heavy atom. The largest absolute Gasteiger partial charge is 0.444 e. The highest BCUT2D eigenvalue weighted by Gasteiger charge is 2.26. The Balaban J connectivity index is 1.87. The van der Waals surface area contributed by atoms with Gasteiger partial charge in [-0.25, -0.2) is 4.79 Å². The predicted molar refractivity (Wildman–Crippen MR) is 83.1 cm³/mol. The minimum Gasteiger partial charge on any atom is -0.444 e. The van der Waals surface area contributed by atoms with E-state index in [1.165, 1.54) is 5.56 Å². The van der Waals surface area contributed by atoms with Crippen LogP contribution in [0.15, 0.2) is 18.5 Å². The monoisotopic (exact) mass is 293 g/mol. The van der Waals surface area contributed by atoms with Gasteiger partial charge in [-0.3, -0.25) is 0 Å². The first-order chi connectivity index (χ1) is 9.94. The van der Waals surface area contributed by atoms with Gasteiger partial charge in [0.05, 0.1) is 0 Å².